The van der Waals surface area contributed by atoms with Gasteiger partial charge in [-0.2, -0.15) is 13.2 Å². The molecule has 0 spiro atoms. The number of alkyl halides is 3. The van der Waals surface area contributed by atoms with E-state index < -0.39 is 12.8 Å². The van der Waals surface area contributed by atoms with Gasteiger partial charge in [-0.05, 0) is 50.0 Å². The molecule has 0 saturated heterocycles. The van der Waals surface area contributed by atoms with Crippen LogP contribution in [0.1, 0.15) is 51.9 Å². The summed E-state index contributed by atoms with van der Waals surface area (Å²) in [5.74, 6) is 0.778. The van der Waals surface area contributed by atoms with Crippen molar-refractivity contribution in [3.05, 3.63) is 0 Å². The van der Waals surface area contributed by atoms with E-state index in [0.717, 1.165) is 31.6 Å². The molecule has 0 amide bonds. The van der Waals surface area contributed by atoms with Gasteiger partial charge in [0.25, 0.3) is 0 Å². The van der Waals surface area contributed by atoms with E-state index in [1.165, 1.54) is 12.8 Å². The molecule has 0 atom stereocenters. The minimum Gasteiger partial charge on any atom is -0.372 e. The Bertz CT molecular complexity index is 248. The average molecular weight is 281 g/mol. The smallest absolute Gasteiger partial charge is 0.372 e. The molecule has 1 aliphatic rings. The maximum Gasteiger partial charge on any atom is 0.411 e. The summed E-state index contributed by atoms with van der Waals surface area (Å²) in [7, 11) is 0. The van der Waals surface area contributed by atoms with E-state index in [9.17, 15) is 13.2 Å². The lowest BCUT2D eigenvalue weighted by molar-refractivity contribution is -0.175. The van der Waals surface area contributed by atoms with Gasteiger partial charge in [-0.15, -0.1) is 0 Å². The van der Waals surface area contributed by atoms with E-state index >= 15 is 0 Å². The second kappa shape index (κ2) is 7.48. The lowest BCUT2D eigenvalue weighted by Gasteiger charge is -2.39. The maximum absolute atomic E-state index is 12.0. The summed E-state index contributed by atoms with van der Waals surface area (Å²) in [4.78, 5) is 0. The fraction of sp³-hybridized carbons (Fsp3) is 1.00. The predicted octanol–water partition coefficient (Wildman–Crippen LogP) is 3.89. The molecular formula is C14H26F3NO. The first-order valence-electron chi connectivity index (χ1n) is 7.25. The molecule has 1 rings (SSSR count). The molecule has 0 heterocycles. The Labute approximate surface area is 113 Å². The zero-order valence-corrected chi connectivity index (χ0v) is 11.8. The Hall–Kier alpha value is -0.290. The minimum atomic E-state index is -4.23. The molecule has 1 saturated carbocycles. The Morgan fingerprint density at radius 1 is 1.26 bits per heavy atom. The largest absolute Gasteiger partial charge is 0.411 e. The van der Waals surface area contributed by atoms with Crippen molar-refractivity contribution in [1.82, 2.24) is 0 Å². The van der Waals surface area contributed by atoms with Gasteiger partial charge in [0.15, 0.2) is 0 Å². The van der Waals surface area contributed by atoms with Gasteiger partial charge in [-0.3, -0.25) is 0 Å². The first kappa shape index (κ1) is 16.8. The number of hydrogen-bond donors (Lipinski definition) is 1. The summed E-state index contributed by atoms with van der Waals surface area (Å²) in [6.07, 6.45) is 3.26. The molecule has 1 aliphatic carbocycles. The van der Waals surface area contributed by atoms with Crippen LogP contribution < -0.4 is 5.73 Å². The third kappa shape index (κ3) is 6.13. The average Bonchev–Trinajstić information content (AvgIpc) is 2.36. The summed E-state index contributed by atoms with van der Waals surface area (Å²) in [5.41, 5.74) is 5.86. The van der Waals surface area contributed by atoms with Crippen molar-refractivity contribution in [2.75, 3.05) is 19.8 Å². The van der Waals surface area contributed by atoms with Gasteiger partial charge in [0.2, 0.25) is 0 Å². The van der Waals surface area contributed by atoms with Crippen LogP contribution in [0.3, 0.4) is 0 Å². The van der Waals surface area contributed by atoms with Crippen molar-refractivity contribution < 1.29 is 17.9 Å². The molecule has 19 heavy (non-hydrogen) atoms. The second-order valence-corrected chi connectivity index (χ2v) is 5.85. The highest BCUT2D eigenvalue weighted by atomic mass is 19.4. The van der Waals surface area contributed by atoms with E-state index in [2.05, 4.69) is 6.92 Å². The first-order valence-corrected chi connectivity index (χ1v) is 7.25. The lowest BCUT2D eigenvalue weighted by Crippen LogP contribution is -2.36. The summed E-state index contributed by atoms with van der Waals surface area (Å²) >= 11 is 0. The van der Waals surface area contributed by atoms with E-state index in [4.69, 9.17) is 10.5 Å². The highest BCUT2D eigenvalue weighted by molar-refractivity contribution is 4.86. The molecular weight excluding hydrogens is 255 g/mol. The van der Waals surface area contributed by atoms with Crippen molar-refractivity contribution in [3.8, 4) is 0 Å². The Morgan fingerprint density at radius 2 is 1.89 bits per heavy atom. The van der Waals surface area contributed by atoms with Gasteiger partial charge in [0, 0.05) is 6.61 Å². The van der Waals surface area contributed by atoms with E-state index in [0.29, 0.717) is 13.0 Å². The molecule has 2 N–H and O–H groups in total. The molecule has 114 valence electrons. The van der Waals surface area contributed by atoms with Crippen molar-refractivity contribution in [2.24, 2.45) is 17.1 Å². The zero-order valence-electron chi connectivity index (χ0n) is 11.8. The SMILES string of the molecule is CCCC1CCC(CN)(CCOCC(F)(F)F)CC1. The molecule has 0 radical (unpaired) electrons. The minimum absolute atomic E-state index is 0.00976. The summed E-state index contributed by atoms with van der Waals surface area (Å²) in [6.45, 7) is 1.76. The molecule has 0 aromatic heterocycles. The van der Waals surface area contributed by atoms with Gasteiger partial charge in [-0.25, -0.2) is 0 Å². The number of ether oxygens (including phenoxy) is 1. The van der Waals surface area contributed by atoms with Crippen LogP contribution in [0.25, 0.3) is 0 Å². The van der Waals surface area contributed by atoms with Gasteiger partial charge in [0.05, 0.1) is 0 Å². The molecule has 1 fully saturated rings. The quantitative estimate of drug-likeness (QED) is 0.718. The molecule has 0 aromatic rings. The molecule has 2 nitrogen and oxygen atoms in total. The van der Waals surface area contributed by atoms with Crippen LogP contribution in [0, 0.1) is 11.3 Å². The number of hydrogen-bond acceptors (Lipinski definition) is 2. The molecule has 0 aromatic carbocycles. The van der Waals surface area contributed by atoms with E-state index in [-0.39, 0.29) is 12.0 Å². The van der Waals surface area contributed by atoms with Crippen molar-refractivity contribution in [3.63, 3.8) is 0 Å². The standard InChI is InChI=1S/C14H26F3NO/c1-2-3-12-4-6-13(10-18,7-5-12)8-9-19-11-14(15,16)17/h12H,2-11,18H2,1H3. The van der Waals surface area contributed by atoms with Crippen LogP contribution >= 0.6 is 0 Å². The monoisotopic (exact) mass is 281 g/mol. The third-order valence-corrected chi connectivity index (χ3v) is 4.34. The van der Waals surface area contributed by atoms with Crippen LogP contribution in [-0.2, 0) is 4.74 Å². The van der Waals surface area contributed by atoms with Gasteiger partial charge < -0.3 is 10.5 Å². The van der Waals surface area contributed by atoms with Crippen molar-refractivity contribution in [1.29, 1.82) is 0 Å². The topological polar surface area (TPSA) is 35.2 Å². The molecule has 0 aliphatic heterocycles. The van der Waals surface area contributed by atoms with Crippen molar-refractivity contribution >= 4 is 0 Å². The van der Waals surface area contributed by atoms with Crippen molar-refractivity contribution in [2.45, 2.75) is 58.0 Å². The summed E-state index contributed by atoms with van der Waals surface area (Å²) in [6, 6.07) is 0. The molecule has 5 heteroatoms. The normalized spacial score (nSPS) is 28.6. The van der Waals surface area contributed by atoms with Gasteiger partial charge in [0.1, 0.15) is 6.61 Å². The molecule has 0 bridgehead atoms. The number of nitrogens with two attached hydrogens (primary N) is 1. The lowest BCUT2D eigenvalue weighted by atomic mass is 9.68. The van der Waals surface area contributed by atoms with Crippen LogP contribution in [0.15, 0.2) is 0 Å². The van der Waals surface area contributed by atoms with Crippen LogP contribution in [0.4, 0.5) is 13.2 Å². The maximum atomic E-state index is 12.0. The fourth-order valence-corrected chi connectivity index (χ4v) is 3.02. The highest BCUT2D eigenvalue weighted by Crippen LogP contribution is 2.42. The Balaban J connectivity index is 2.29. The first-order chi connectivity index (χ1) is 8.91. The Kier molecular flexibility index (Phi) is 6.60. The highest BCUT2D eigenvalue weighted by Gasteiger charge is 2.34. The summed E-state index contributed by atoms with van der Waals surface area (Å²) in [5, 5.41) is 0. The zero-order chi connectivity index (χ0) is 14.4. The van der Waals surface area contributed by atoms with Crippen LogP contribution in [-0.4, -0.2) is 25.9 Å². The number of rotatable bonds is 7. The summed E-state index contributed by atoms with van der Waals surface area (Å²) < 4.78 is 40.7. The Morgan fingerprint density at radius 3 is 2.37 bits per heavy atom. The van der Waals surface area contributed by atoms with Gasteiger partial charge >= 0.3 is 6.18 Å². The molecule has 0 unspecified atom stereocenters. The van der Waals surface area contributed by atoms with Gasteiger partial charge in [-0.1, -0.05) is 19.8 Å². The van der Waals surface area contributed by atoms with E-state index in [1.54, 1.807) is 0 Å². The third-order valence-electron chi connectivity index (χ3n) is 4.34. The predicted molar refractivity (Wildman–Crippen MR) is 69.8 cm³/mol. The fourth-order valence-electron chi connectivity index (χ4n) is 3.02. The van der Waals surface area contributed by atoms with Crippen LogP contribution in [0.2, 0.25) is 0 Å². The second-order valence-electron chi connectivity index (χ2n) is 5.85. The number of halogens is 3. The van der Waals surface area contributed by atoms with Crippen LogP contribution in [0.5, 0.6) is 0 Å². The van der Waals surface area contributed by atoms with E-state index in [1.807, 2.05) is 0 Å².